The maximum absolute atomic E-state index is 6.16. The van der Waals surface area contributed by atoms with Crippen molar-refractivity contribution in [1.82, 2.24) is 9.97 Å². The molecule has 104 valence electrons. The Hall–Kier alpha value is -1.71. The molecule has 0 amide bonds. The summed E-state index contributed by atoms with van der Waals surface area (Å²) >= 11 is 9.69. The molecular formula is C17H12BrClN2. The van der Waals surface area contributed by atoms with Crippen LogP contribution in [0.2, 0.25) is 5.15 Å². The molecule has 0 saturated heterocycles. The Bertz CT molecular complexity index is 788. The van der Waals surface area contributed by atoms with Crippen LogP contribution in [0.15, 0.2) is 59.1 Å². The monoisotopic (exact) mass is 358 g/mol. The van der Waals surface area contributed by atoms with E-state index >= 15 is 0 Å². The first-order valence-corrected chi connectivity index (χ1v) is 7.67. The molecule has 3 rings (SSSR count). The summed E-state index contributed by atoms with van der Waals surface area (Å²) in [5.41, 5.74) is 3.95. The highest BCUT2D eigenvalue weighted by atomic mass is 79.9. The smallest absolute Gasteiger partial charge is 0.161 e. The fraction of sp³-hybridized carbons (Fsp3) is 0.0588. The van der Waals surface area contributed by atoms with E-state index in [1.54, 1.807) is 6.07 Å². The first-order valence-electron chi connectivity index (χ1n) is 6.50. The highest BCUT2D eigenvalue weighted by Crippen LogP contribution is 2.27. The maximum atomic E-state index is 6.16. The molecule has 4 heteroatoms. The van der Waals surface area contributed by atoms with Gasteiger partial charge in [-0.05, 0) is 18.6 Å². The summed E-state index contributed by atoms with van der Waals surface area (Å²) in [5, 5.41) is 0.440. The lowest BCUT2D eigenvalue weighted by Gasteiger charge is -2.07. The number of aryl methyl sites for hydroxylation is 1. The number of halogens is 2. The summed E-state index contributed by atoms with van der Waals surface area (Å²) in [7, 11) is 0. The third-order valence-corrected chi connectivity index (χ3v) is 4.24. The first-order chi connectivity index (χ1) is 10.1. The van der Waals surface area contributed by atoms with E-state index in [0.717, 1.165) is 21.3 Å². The molecule has 0 aliphatic rings. The van der Waals surface area contributed by atoms with E-state index < -0.39 is 0 Å². The highest BCUT2D eigenvalue weighted by molar-refractivity contribution is 9.10. The van der Waals surface area contributed by atoms with E-state index in [2.05, 4.69) is 25.9 Å². The minimum Gasteiger partial charge on any atom is -0.228 e. The zero-order valence-electron chi connectivity index (χ0n) is 11.3. The van der Waals surface area contributed by atoms with Crippen molar-refractivity contribution in [3.63, 3.8) is 0 Å². The number of aromatic nitrogens is 2. The molecule has 0 atom stereocenters. The summed E-state index contributed by atoms with van der Waals surface area (Å²) in [6.07, 6.45) is 0. The normalized spacial score (nSPS) is 10.6. The van der Waals surface area contributed by atoms with Crippen molar-refractivity contribution in [2.24, 2.45) is 0 Å². The van der Waals surface area contributed by atoms with Gasteiger partial charge in [-0.3, -0.25) is 0 Å². The summed E-state index contributed by atoms with van der Waals surface area (Å²) in [5.74, 6) is 0.627. The van der Waals surface area contributed by atoms with Crippen molar-refractivity contribution in [2.45, 2.75) is 6.92 Å². The second kappa shape index (κ2) is 5.96. The quantitative estimate of drug-likeness (QED) is 0.562. The Balaban J connectivity index is 2.11. The van der Waals surface area contributed by atoms with E-state index in [4.69, 9.17) is 11.6 Å². The Morgan fingerprint density at radius 1 is 0.905 bits per heavy atom. The van der Waals surface area contributed by atoms with Crippen molar-refractivity contribution in [1.29, 1.82) is 0 Å². The molecule has 0 unspecified atom stereocenters. The van der Waals surface area contributed by atoms with Gasteiger partial charge in [-0.2, -0.15) is 0 Å². The Labute approximate surface area is 137 Å². The third kappa shape index (κ3) is 3.14. The van der Waals surface area contributed by atoms with Crippen LogP contribution in [-0.4, -0.2) is 9.97 Å². The van der Waals surface area contributed by atoms with Gasteiger partial charge in [0.25, 0.3) is 0 Å². The average molecular weight is 360 g/mol. The van der Waals surface area contributed by atoms with Crippen LogP contribution in [0.4, 0.5) is 0 Å². The Kier molecular flexibility index (Phi) is 4.04. The van der Waals surface area contributed by atoms with Crippen LogP contribution in [0.25, 0.3) is 22.6 Å². The molecule has 21 heavy (non-hydrogen) atoms. The maximum Gasteiger partial charge on any atom is 0.161 e. The fourth-order valence-corrected chi connectivity index (χ4v) is 2.60. The summed E-state index contributed by atoms with van der Waals surface area (Å²) in [4.78, 5) is 8.96. The van der Waals surface area contributed by atoms with Gasteiger partial charge in [0.1, 0.15) is 5.15 Å². The van der Waals surface area contributed by atoms with Crippen molar-refractivity contribution in [3.05, 3.63) is 69.8 Å². The summed E-state index contributed by atoms with van der Waals surface area (Å²) in [6.45, 7) is 2.04. The Morgan fingerprint density at radius 3 is 2.38 bits per heavy atom. The van der Waals surface area contributed by atoms with Gasteiger partial charge >= 0.3 is 0 Å². The van der Waals surface area contributed by atoms with E-state index in [9.17, 15) is 0 Å². The summed E-state index contributed by atoms with van der Waals surface area (Å²) < 4.78 is 1.03. The first kappa shape index (κ1) is 14.2. The van der Waals surface area contributed by atoms with E-state index in [1.807, 2.05) is 55.5 Å². The zero-order chi connectivity index (χ0) is 14.8. The van der Waals surface area contributed by atoms with Crippen molar-refractivity contribution in [3.8, 4) is 22.6 Å². The van der Waals surface area contributed by atoms with E-state index in [1.165, 1.54) is 5.56 Å². The second-order valence-corrected chi connectivity index (χ2v) is 5.97. The van der Waals surface area contributed by atoms with Crippen LogP contribution >= 0.6 is 27.5 Å². The molecular weight excluding hydrogens is 348 g/mol. The largest absolute Gasteiger partial charge is 0.228 e. The topological polar surface area (TPSA) is 25.8 Å². The van der Waals surface area contributed by atoms with Gasteiger partial charge in [-0.25, -0.2) is 9.97 Å². The number of benzene rings is 2. The molecule has 0 radical (unpaired) electrons. The van der Waals surface area contributed by atoms with Crippen LogP contribution < -0.4 is 0 Å². The predicted molar refractivity (Wildman–Crippen MR) is 90.4 cm³/mol. The molecule has 3 aromatic rings. The van der Waals surface area contributed by atoms with Crippen LogP contribution in [0.5, 0.6) is 0 Å². The lowest BCUT2D eigenvalue weighted by molar-refractivity contribution is 1.18. The molecule has 0 bridgehead atoms. The van der Waals surface area contributed by atoms with Gasteiger partial charge in [0.05, 0.1) is 5.69 Å². The lowest BCUT2D eigenvalue weighted by Crippen LogP contribution is -1.93. The third-order valence-electron chi connectivity index (χ3n) is 3.19. The van der Waals surface area contributed by atoms with Gasteiger partial charge in [0.15, 0.2) is 5.82 Å². The highest BCUT2D eigenvalue weighted by Gasteiger charge is 2.08. The average Bonchev–Trinajstić information content (AvgIpc) is 2.50. The molecule has 0 aliphatic carbocycles. The van der Waals surface area contributed by atoms with Gasteiger partial charge in [0, 0.05) is 21.7 Å². The molecule has 0 spiro atoms. The number of nitrogens with zero attached hydrogens (tertiary/aromatic N) is 2. The van der Waals surface area contributed by atoms with E-state index in [0.29, 0.717) is 11.0 Å². The van der Waals surface area contributed by atoms with Crippen LogP contribution in [-0.2, 0) is 0 Å². The molecule has 0 fully saturated rings. The molecule has 0 saturated carbocycles. The fourth-order valence-electron chi connectivity index (χ4n) is 2.04. The van der Waals surface area contributed by atoms with Gasteiger partial charge in [-0.1, -0.05) is 70.0 Å². The predicted octanol–water partition coefficient (Wildman–Crippen LogP) is 5.53. The molecule has 1 heterocycles. The summed E-state index contributed by atoms with van der Waals surface area (Å²) in [6, 6.07) is 17.8. The standard InChI is InChI=1S/C17H12BrClN2/c1-11-7-8-13(9-14(11)18)17-20-15(10-16(19)21-17)12-5-3-2-4-6-12/h2-10H,1H3. The van der Waals surface area contributed by atoms with Gasteiger partial charge in [0.2, 0.25) is 0 Å². The van der Waals surface area contributed by atoms with Crippen molar-refractivity contribution >= 4 is 27.5 Å². The van der Waals surface area contributed by atoms with E-state index in [-0.39, 0.29) is 0 Å². The SMILES string of the molecule is Cc1ccc(-c2nc(Cl)cc(-c3ccccc3)n2)cc1Br. The number of rotatable bonds is 2. The van der Waals surface area contributed by atoms with Crippen LogP contribution in [0.1, 0.15) is 5.56 Å². The molecule has 2 nitrogen and oxygen atoms in total. The Morgan fingerprint density at radius 2 is 1.67 bits per heavy atom. The minimum absolute atomic E-state index is 0.440. The molecule has 0 aliphatic heterocycles. The van der Waals surface area contributed by atoms with Crippen LogP contribution in [0, 0.1) is 6.92 Å². The molecule has 0 N–H and O–H groups in total. The zero-order valence-corrected chi connectivity index (χ0v) is 13.7. The molecule has 2 aromatic carbocycles. The number of hydrogen-bond acceptors (Lipinski definition) is 2. The van der Waals surface area contributed by atoms with Gasteiger partial charge < -0.3 is 0 Å². The van der Waals surface area contributed by atoms with Crippen molar-refractivity contribution in [2.75, 3.05) is 0 Å². The van der Waals surface area contributed by atoms with Gasteiger partial charge in [-0.15, -0.1) is 0 Å². The van der Waals surface area contributed by atoms with Crippen molar-refractivity contribution < 1.29 is 0 Å². The number of hydrogen-bond donors (Lipinski definition) is 0. The molecule has 1 aromatic heterocycles. The minimum atomic E-state index is 0.440. The lowest BCUT2D eigenvalue weighted by atomic mass is 10.1. The van der Waals surface area contributed by atoms with Crippen LogP contribution in [0.3, 0.4) is 0 Å². The second-order valence-electron chi connectivity index (χ2n) is 4.73.